The molecule has 0 atom stereocenters. The van der Waals surface area contributed by atoms with E-state index in [9.17, 15) is 8.42 Å². The van der Waals surface area contributed by atoms with Crippen molar-refractivity contribution in [1.29, 1.82) is 0 Å². The van der Waals surface area contributed by atoms with Crippen LogP contribution in [0.5, 0.6) is 0 Å². The largest absolute Gasteiger partial charge is 0.317 e. The summed E-state index contributed by atoms with van der Waals surface area (Å²) >= 11 is 0. The van der Waals surface area contributed by atoms with Crippen LogP contribution in [0.25, 0.3) is 0 Å². The fourth-order valence-electron chi connectivity index (χ4n) is 2.51. The van der Waals surface area contributed by atoms with E-state index in [0.717, 1.165) is 37.4 Å². The number of sulfonamides is 1. The van der Waals surface area contributed by atoms with Crippen LogP contribution in [0.3, 0.4) is 0 Å². The molecular weight excluding hydrogens is 284 g/mol. The van der Waals surface area contributed by atoms with Gasteiger partial charge in [-0.05, 0) is 49.5 Å². The molecule has 5 heteroatoms. The summed E-state index contributed by atoms with van der Waals surface area (Å²) in [7, 11) is -3.35. The molecule has 0 unspecified atom stereocenters. The van der Waals surface area contributed by atoms with Crippen molar-refractivity contribution in [2.45, 2.75) is 43.9 Å². The molecule has 2 rings (SSSR count). The molecule has 0 spiro atoms. The summed E-state index contributed by atoms with van der Waals surface area (Å²) in [5.74, 6) is 0.723. The maximum atomic E-state index is 12.2. The van der Waals surface area contributed by atoms with E-state index in [0.29, 0.717) is 11.4 Å². The standard InChI is InChI=1S/C16H26N2O2S/c1-2-17-12-10-15-6-8-16(9-7-15)21(19,20)18-13-11-14-4-3-5-14/h6-9,14,17-18H,2-5,10-13H2,1H3. The van der Waals surface area contributed by atoms with Gasteiger partial charge in [-0.1, -0.05) is 38.3 Å². The summed E-state index contributed by atoms with van der Waals surface area (Å²) in [6, 6.07) is 7.20. The third kappa shape index (κ3) is 5.09. The number of rotatable bonds is 9. The van der Waals surface area contributed by atoms with Gasteiger partial charge < -0.3 is 5.32 Å². The van der Waals surface area contributed by atoms with Gasteiger partial charge in [-0.3, -0.25) is 0 Å². The summed E-state index contributed by atoms with van der Waals surface area (Å²) in [5.41, 5.74) is 1.16. The van der Waals surface area contributed by atoms with E-state index in [2.05, 4.69) is 17.0 Å². The molecule has 0 amide bonds. The smallest absolute Gasteiger partial charge is 0.240 e. The molecule has 0 heterocycles. The lowest BCUT2D eigenvalue weighted by Crippen LogP contribution is -2.27. The quantitative estimate of drug-likeness (QED) is 0.688. The van der Waals surface area contributed by atoms with Crippen molar-refractivity contribution in [1.82, 2.24) is 10.0 Å². The van der Waals surface area contributed by atoms with Crippen molar-refractivity contribution < 1.29 is 8.42 Å². The molecule has 0 aliphatic heterocycles. The Kier molecular flexibility index (Phi) is 6.21. The Morgan fingerprint density at radius 1 is 1.14 bits per heavy atom. The first-order valence-electron chi connectivity index (χ1n) is 7.91. The number of nitrogens with one attached hydrogen (secondary N) is 2. The zero-order valence-electron chi connectivity index (χ0n) is 12.8. The van der Waals surface area contributed by atoms with Crippen molar-refractivity contribution in [3.63, 3.8) is 0 Å². The summed E-state index contributed by atoms with van der Waals surface area (Å²) in [6.07, 6.45) is 5.68. The van der Waals surface area contributed by atoms with Crippen LogP contribution in [0.1, 0.15) is 38.2 Å². The second-order valence-electron chi connectivity index (χ2n) is 5.73. The maximum Gasteiger partial charge on any atom is 0.240 e. The molecular formula is C16H26N2O2S. The van der Waals surface area contributed by atoms with E-state index in [-0.39, 0.29) is 0 Å². The Hall–Kier alpha value is -0.910. The van der Waals surface area contributed by atoms with Gasteiger partial charge in [0.2, 0.25) is 10.0 Å². The van der Waals surface area contributed by atoms with Gasteiger partial charge in [-0.2, -0.15) is 0 Å². The molecule has 1 fully saturated rings. The second-order valence-corrected chi connectivity index (χ2v) is 7.50. The Balaban J connectivity index is 1.83. The van der Waals surface area contributed by atoms with E-state index in [1.807, 2.05) is 12.1 Å². The lowest BCUT2D eigenvalue weighted by atomic mass is 9.83. The van der Waals surface area contributed by atoms with Gasteiger partial charge in [0.15, 0.2) is 0 Å². The van der Waals surface area contributed by atoms with Gasteiger partial charge in [0, 0.05) is 6.54 Å². The molecule has 1 aromatic carbocycles. The summed E-state index contributed by atoms with van der Waals surface area (Å²) in [4.78, 5) is 0.364. The minimum absolute atomic E-state index is 0.364. The van der Waals surface area contributed by atoms with Gasteiger partial charge in [-0.25, -0.2) is 13.1 Å². The topological polar surface area (TPSA) is 58.2 Å². The first kappa shape index (κ1) is 16.5. The van der Waals surface area contributed by atoms with E-state index in [4.69, 9.17) is 0 Å². The highest BCUT2D eigenvalue weighted by Crippen LogP contribution is 2.28. The van der Waals surface area contributed by atoms with Crippen LogP contribution in [0.15, 0.2) is 29.2 Å². The first-order chi connectivity index (χ1) is 10.1. The van der Waals surface area contributed by atoms with Crippen LogP contribution in [0, 0.1) is 5.92 Å². The molecule has 4 nitrogen and oxygen atoms in total. The first-order valence-corrected chi connectivity index (χ1v) is 9.39. The Morgan fingerprint density at radius 3 is 2.43 bits per heavy atom. The highest BCUT2D eigenvalue weighted by molar-refractivity contribution is 7.89. The predicted molar refractivity (Wildman–Crippen MR) is 85.8 cm³/mol. The van der Waals surface area contributed by atoms with Crippen LogP contribution in [0.4, 0.5) is 0 Å². The lowest BCUT2D eigenvalue weighted by Gasteiger charge is -2.25. The van der Waals surface area contributed by atoms with Gasteiger partial charge >= 0.3 is 0 Å². The minimum Gasteiger partial charge on any atom is -0.317 e. The third-order valence-electron chi connectivity index (χ3n) is 4.14. The van der Waals surface area contributed by atoms with Crippen molar-refractivity contribution >= 4 is 10.0 Å². The lowest BCUT2D eigenvalue weighted by molar-refractivity contribution is 0.297. The van der Waals surface area contributed by atoms with Crippen molar-refractivity contribution in [2.24, 2.45) is 5.92 Å². The van der Waals surface area contributed by atoms with Crippen LogP contribution < -0.4 is 10.0 Å². The van der Waals surface area contributed by atoms with Gasteiger partial charge in [0.25, 0.3) is 0 Å². The van der Waals surface area contributed by atoms with Gasteiger partial charge in [0.1, 0.15) is 0 Å². The molecule has 118 valence electrons. The highest BCUT2D eigenvalue weighted by Gasteiger charge is 2.19. The molecule has 0 aromatic heterocycles. The van der Waals surface area contributed by atoms with Gasteiger partial charge in [-0.15, -0.1) is 0 Å². The molecule has 2 N–H and O–H groups in total. The van der Waals surface area contributed by atoms with Gasteiger partial charge in [0.05, 0.1) is 4.90 Å². The van der Waals surface area contributed by atoms with E-state index >= 15 is 0 Å². The number of likely N-dealkylation sites (N-methyl/N-ethyl adjacent to an activating group) is 1. The SMILES string of the molecule is CCNCCc1ccc(S(=O)(=O)NCCC2CCC2)cc1. The number of hydrogen-bond acceptors (Lipinski definition) is 3. The fraction of sp³-hybridized carbons (Fsp3) is 0.625. The van der Waals surface area contributed by atoms with E-state index < -0.39 is 10.0 Å². The summed E-state index contributed by atoms with van der Waals surface area (Å²) in [6.45, 7) is 4.50. The molecule has 0 saturated heterocycles. The zero-order valence-corrected chi connectivity index (χ0v) is 13.6. The number of benzene rings is 1. The summed E-state index contributed by atoms with van der Waals surface area (Å²) < 4.78 is 27.0. The number of hydrogen-bond donors (Lipinski definition) is 2. The van der Waals surface area contributed by atoms with Crippen LogP contribution >= 0.6 is 0 Å². The second kappa shape index (κ2) is 7.92. The van der Waals surface area contributed by atoms with E-state index in [1.54, 1.807) is 12.1 Å². The maximum absolute atomic E-state index is 12.2. The molecule has 1 aliphatic rings. The minimum atomic E-state index is -3.35. The van der Waals surface area contributed by atoms with Crippen molar-refractivity contribution in [3.8, 4) is 0 Å². The van der Waals surface area contributed by atoms with Crippen molar-refractivity contribution in [3.05, 3.63) is 29.8 Å². The Bertz CT molecular complexity index is 522. The van der Waals surface area contributed by atoms with Crippen LogP contribution in [-0.2, 0) is 16.4 Å². The average molecular weight is 310 g/mol. The molecule has 1 saturated carbocycles. The average Bonchev–Trinajstić information content (AvgIpc) is 2.42. The molecule has 1 aromatic rings. The van der Waals surface area contributed by atoms with Crippen molar-refractivity contribution in [2.75, 3.05) is 19.6 Å². The molecule has 0 radical (unpaired) electrons. The van der Waals surface area contributed by atoms with Crippen LogP contribution in [0.2, 0.25) is 0 Å². The molecule has 21 heavy (non-hydrogen) atoms. The Morgan fingerprint density at radius 2 is 1.86 bits per heavy atom. The monoisotopic (exact) mass is 310 g/mol. The van der Waals surface area contributed by atoms with E-state index in [1.165, 1.54) is 19.3 Å². The molecule has 0 bridgehead atoms. The predicted octanol–water partition coefficient (Wildman–Crippen LogP) is 2.31. The zero-order chi connectivity index (χ0) is 15.1. The highest BCUT2D eigenvalue weighted by atomic mass is 32.2. The Labute approximate surface area is 128 Å². The van der Waals surface area contributed by atoms with Crippen LogP contribution in [-0.4, -0.2) is 28.1 Å². The molecule has 1 aliphatic carbocycles. The summed E-state index contributed by atoms with van der Waals surface area (Å²) in [5, 5.41) is 3.26. The fourth-order valence-corrected chi connectivity index (χ4v) is 3.55. The third-order valence-corrected chi connectivity index (χ3v) is 5.62. The normalized spacial score (nSPS) is 15.9.